The van der Waals surface area contributed by atoms with E-state index in [1.165, 1.54) is 39.8 Å². The molecule has 0 saturated carbocycles. The highest BCUT2D eigenvalue weighted by molar-refractivity contribution is 8.01. The maximum absolute atomic E-state index is 12.8. The summed E-state index contributed by atoms with van der Waals surface area (Å²) in [6.45, 7) is 1.36. The number of hydrogen-bond donors (Lipinski definition) is 4. The van der Waals surface area contributed by atoms with Crippen LogP contribution in [0.3, 0.4) is 0 Å². The predicted molar refractivity (Wildman–Crippen MR) is 142 cm³/mol. The van der Waals surface area contributed by atoms with Crippen LogP contribution in [-0.2, 0) is 27.3 Å². The Balaban J connectivity index is 0.00000157. The summed E-state index contributed by atoms with van der Waals surface area (Å²) in [5.74, 6) is -1.24. The van der Waals surface area contributed by atoms with Crippen molar-refractivity contribution < 1.29 is 24.6 Å². The Hall–Kier alpha value is -2.44. The summed E-state index contributed by atoms with van der Waals surface area (Å²) in [5.41, 5.74) is 6.68. The maximum atomic E-state index is 12.8. The number of hydrogen-bond acceptors (Lipinski definition) is 13. The molecule has 1 saturated heterocycles. The molecule has 5 N–H and O–H groups in total. The zero-order valence-electron chi connectivity index (χ0n) is 20.2. The van der Waals surface area contributed by atoms with Crippen molar-refractivity contribution in [3.8, 4) is 0 Å². The number of rotatable bonds is 10. The number of nitrogen functional groups attached to an aromatic ring is 1. The lowest BCUT2D eigenvalue weighted by Gasteiger charge is -2.49. The number of fused-ring (bicyclic) bond motifs is 1. The molecule has 1 fully saturated rings. The molecule has 4 heterocycles. The van der Waals surface area contributed by atoms with Gasteiger partial charge in [0.15, 0.2) is 5.13 Å². The minimum Gasteiger partial charge on any atom is -0.477 e. The Morgan fingerprint density at radius 3 is 2.70 bits per heavy atom. The van der Waals surface area contributed by atoms with Gasteiger partial charge >= 0.3 is 5.97 Å². The smallest absolute Gasteiger partial charge is 0.352 e. The Kier molecular flexibility index (Phi) is 11.6. The molecule has 2 atom stereocenters. The van der Waals surface area contributed by atoms with E-state index in [4.69, 9.17) is 10.8 Å². The van der Waals surface area contributed by atoms with Crippen LogP contribution in [0.2, 0.25) is 0 Å². The number of carboxylic acids is 1. The van der Waals surface area contributed by atoms with E-state index in [0.29, 0.717) is 39.6 Å². The van der Waals surface area contributed by atoms with Gasteiger partial charge in [-0.2, -0.15) is 0 Å². The second-order valence-electron chi connectivity index (χ2n) is 7.84. The summed E-state index contributed by atoms with van der Waals surface area (Å²) >= 11 is 3.98. The summed E-state index contributed by atoms with van der Waals surface area (Å²) in [4.78, 5) is 44.5. The van der Waals surface area contributed by atoms with Gasteiger partial charge in [-0.25, -0.2) is 14.5 Å². The molecule has 0 aromatic carbocycles. The number of nitrogens with zero attached hydrogens (tertiary/aromatic N) is 7. The van der Waals surface area contributed by atoms with E-state index in [1.54, 1.807) is 10.1 Å². The van der Waals surface area contributed by atoms with E-state index >= 15 is 0 Å². The van der Waals surface area contributed by atoms with Gasteiger partial charge in [-0.05, 0) is 30.1 Å². The number of β-lactam (4-membered cyclic amide) rings is 1. The summed E-state index contributed by atoms with van der Waals surface area (Å²) < 4.78 is 1.67. The van der Waals surface area contributed by atoms with Gasteiger partial charge in [0.1, 0.15) is 17.1 Å². The number of aliphatic hydroxyl groups is 1. The van der Waals surface area contributed by atoms with E-state index in [1.807, 2.05) is 19.0 Å². The summed E-state index contributed by atoms with van der Waals surface area (Å²) in [7, 11) is 4.90. The van der Waals surface area contributed by atoms with E-state index in [-0.39, 0.29) is 30.4 Å². The molecule has 204 valence electrons. The molecule has 37 heavy (non-hydrogen) atoms. The summed E-state index contributed by atoms with van der Waals surface area (Å²) in [6, 6.07) is -0.782. The SMILES string of the molecule is CN(C)CCn1nnnc1SCC1=C(C(=O)O)N2C(=O)[C@@H](NC(=O)Cc3csc(N)n3)[C@H]2SC1.CO.Cl. The topological polar surface area (TPSA) is 193 Å². The number of aliphatic carboxylic acids is 1. The fourth-order valence-electron chi connectivity index (χ4n) is 3.47. The molecule has 14 nitrogen and oxygen atoms in total. The third kappa shape index (κ3) is 7.32. The minimum absolute atomic E-state index is 0. The number of nitrogens with one attached hydrogen (secondary N) is 1. The standard InChI is InChI=1S/C18H23N9O4S3.CH4O.ClH/c1-25(2)3-4-26-18(22-23-24-26)34-7-9-6-32-15-12(14(29)27(15)13(9)16(30)31)21-11(28)5-10-8-33-17(19)20-10;1-2;/h8,12,15H,3-7H2,1-2H3,(H2,19,20)(H,21,28)(H,30,31);2H,1H3;1H/t12-,15-;;/m1../s1. The third-order valence-electron chi connectivity index (χ3n) is 5.11. The third-order valence-corrected chi connectivity index (χ3v) is 8.22. The Morgan fingerprint density at radius 1 is 1.35 bits per heavy atom. The normalized spacial score (nSPS) is 18.4. The van der Waals surface area contributed by atoms with Crippen molar-refractivity contribution in [2.24, 2.45) is 0 Å². The maximum Gasteiger partial charge on any atom is 0.352 e. The lowest BCUT2D eigenvalue weighted by atomic mass is 10.0. The molecule has 0 radical (unpaired) electrons. The van der Waals surface area contributed by atoms with Crippen LogP contribution in [0.25, 0.3) is 0 Å². The van der Waals surface area contributed by atoms with Crippen LogP contribution in [0.4, 0.5) is 5.13 Å². The average molecular weight is 594 g/mol. The number of nitrogens with two attached hydrogens (primary N) is 1. The second-order valence-corrected chi connectivity index (χ2v) is 10.8. The molecular formula is C19H28ClN9O5S3. The van der Waals surface area contributed by atoms with Crippen LogP contribution in [0.1, 0.15) is 5.69 Å². The van der Waals surface area contributed by atoms with E-state index in [9.17, 15) is 19.5 Å². The molecule has 2 aromatic rings. The van der Waals surface area contributed by atoms with Crippen LogP contribution in [0.5, 0.6) is 0 Å². The van der Waals surface area contributed by atoms with Crippen LogP contribution >= 0.6 is 47.3 Å². The molecule has 18 heteroatoms. The fraction of sp³-hybridized carbons (Fsp3) is 0.526. The molecule has 2 aliphatic heterocycles. The molecule has 0 aliphatic carbocycles. The van der Waals surface area contributed by atoms with Crippen molar-refractivity contribution in [1.29, 1.82) is 0 Å². The van der Waals surface area contributed by atoms with Gasteiger partial charge in [0, 0.05) is 30.5 Å². The van der Waals surface area contributed by atoms with Gasteiger partial charge in [0.25, 0.3) is 5.91 Å². The molecule has 0 spiro atoms. The first-order valence-electron chi connectivity index (χ1n) is 10.6. The van der Waals surface area contributed by atoms with E-state index in [2.05, 4.69) is 25.8 Å². The number of carbonyl (C=O) groups is 3. The van der Waals surface area contributed by atoms with Gasteiger partial charge in [-0.15, -0.1) is 40.6 Å². The zero-order chi connectivity index (χ0) is 26.4. The van der Waals surface area contributed by atoms with Gasteiger partial charge in [0.05, 0.1) is 18.7 Å². The number of likely N-dealkylation sites (N-methyl/N-ethyl adjacent to an activating group) is 1. The molecule has 4 rings (SSSR count). The van der Waals surface area contributed by atoms with Crippen LogP contribution in [0.15, 0.2) is 21.8 Å². The second kappa shape index (κ2) is 13.9. The molecule has 2 aromatic heterocycles. The number of aliphatic hydroxyl groups excluding tert-OH is 1. The molecule has 0 bridgehead atoms. The largest absolute Gasteiger partial charge is 0.477 e. The Morgan fingerprint density at radius 2 is 2.08 bits per heavy atom. The zero-order valence-corrected chi connectivity index (χ0v) is 23.5. The first-order valence-corrected chi connectivity index (χ1v) is 13.5. The molecular weight excluding hydrogens is 566 g/mol. The predicted octanol–water partition coefficient (Wildman–Crippen LogP) is -0.623. The fourth-order valence-corrected chi connectivity index (χ4v) is 6.42. The number of halogens is 1. The molecule has 0 unspecified atom stereocenters. The van der Waals surface area contributed by atoms with Crippen LogP contribution < -0.4 is 11.1 Å². The summed E-state index contributed by atoms with van der Waals surface area (Å²) in [5, 5.41) is 33.4. The van der Waals surface area contributed by atoms with Crippen LogP contribution in [-0.4, -0.2) is 114 Å². The number of aromatic nitrogens is 5. The van der Waals surface area contributed by atoms with Gasteiger partial charge in [0.2, 0.25) is 11.1 Å². The lowest BCUT2D eigenvalue weighted by molar-refractivity contribution is -0.150. The van der Waals surface area contributed by atoms with Crippen molar-refractivity contribution in [3.63, 3.8) is 0 Å². The number of carboxylic acid groups (broad SMARTS) is 1. The molecule has 2 aliphatic rings. The quantitative estimate of drug-likeness (QED) is 0.201. The molecule has 2 amide bonds. The highest BCUT2D eigenvalue weighted by atomic mass is 35.5. The number of thioether (sulfide) groups is 2. The van der Waals surface area contributed by atoms with Gasteiger partial charge < -0.3 is 26.2 Å². The number of thiazole rings is 1. The average Bonchev–Trinajstić information content (AvgIpc) is 3.48. The highest BCUT2D eigenvalue weighted by Gasteiger charge is 2.54. The van der Waals surface area contributed by atoms with Crippen molar-refractivity contribution in [2.45, 2.75) is 29.5 Å². The Bertz CT molecular complexity index is 1140. The first-order chi connectivity index (χ1) is 17.2. The first kappa shape index (κ1) is 30.8. The van der Waals surface area contributed by atoms with Crippen molar-refractivity contribution in [3.05, 3.63) is 22.3 Å². The number of tetrazole rings is 1. The van der Waals surface area contributed by atoms with Crippen LogP contribution in [0, 0.1) is 0 Å². The van der Waals surface area contributed by atoms with Gasteiger partial charge in [-0.3, -0.25) is 14.5 Å². The summed E-state index contributed by atoms with van der Waals surface area (Å²) in [6.07, 6.45) is 0.000917. The number of amides is 2. The number of anilines is 1. The minimum atomic E-state index is -1.18. The van der Waals surface area contributed by atoms with E-state index in [0.717, 1.165) is 13.7 Å². The Labute approximate surface area is 231 Å². The van der Waals surface area contributed by atoms with Gasteiger partial charge in [-0.1, -0.05) is 11.8 Å². The lowest BCUT2D eigenvalue weighted by Crippen LogP contribution is -2.70. The number of carbonyl (C=O) groups excluding carboxylic acids is 2. The van der Waals surface area contributed by atoms with Crippen molar-refractivity contribution in [1.82, 2.24) is 40.3 Å². The van der Waals surface area contributed by atoms with Crippen molar-refractivity contribution >= 4 is 70.2 Å². The van der Waals surface area contributed by atoms with E-state index < -0.39 is 23.3 Å². The highest BCUT2D eigenvalue weighted by Crippen LogP contribution is 2.41. The monoisotopic (exact) mass is 593 g/mol. The van der Waals surface area contributed by atoms with Crippen molar-refractivity contribution in [2.75, 3.05) is 45.0 Å².